The smallest absolute Gasteiger partial charge is 0.410 e. The Bertz CT molecular complexity index is 721. The Morgan fingerprint density at radius 3 is 2.15 bits per heavy atom. The molecule has 2 aromatic carbocycles. The Kier molecular flexibility index (Phi) is 7.69. The first-order valence-corrected chi connectivity index (χ1v) is 9.62. The molecule has 0 aromatic heterocycles. The molecule has 0 unspecified atom stereocenters. The number of nitrogens with zero attached hydrogens (tertiary/aromatic N) is 1. The highest BCUT2D eigenvalue weighted by molar-refractivity contribution is 6.30. The van der Waals surface area contributed by atoms with Crippen LogP contribution in [0.5, 0.6) is 0 Å². The number of benzene rings is 2. The molecule has 0 radical (unpaired) electrons. The molecule has 2 rings (SSSR count). The lowest BCUT2D eigenvalue weighted by atomic mass is 10.0. The minimum atomic E-state index is -0.457. The van der Waals surface area contributed by atoms with Crippen LogP contribution in [0.3, 0.4) is 0 Å². The number of carbonyl (C=O) groups excluding carboxylic acids is 1. The summed E-state index contributed by atoms with van der Waals surface area (Å²) in [6, 6.07) is 16.4. The van der Waals surface area contributed by atoms with E-state index < -0.39 is 5.60 Å². The van der Waals surface area contributed by atoms with Gasteiger partial charge in [0, 0.05) is 25.2 Å². The standard InChI is InChI=1S/C22H29ClN2O2/c1-22(2,3)27-21(26)25(4)15-5-14-24-16-17-6-8-18(9-7-17)19-10-12-20(23)13-11-19/h6-13,24H,5,14-16H2,1-4H3. The molecule has 0 saturated heterocycles. The van der Waals surface area contributed by atoms with Gasteiger partial charge in [0.2, 0.25) is 0 Å². The largest absolute Gasteiger partial charge is 0.444 e. The third-order valence-corrected chi connectivity index (χ3v) is 4.26. The molecule has 1 amide bonds. The number of hydrogen-bond acceptors (Lipinski definition) is 3. The van der Waals surface area contributed by atoms with E-state index in [1.54, 1.807) is 11.9 Å². The van der Waals surface area contributed by atoms with E-state index >= 15 is 0 Å². The number of carbonyl (C=O) groups is 1. The lowest BCUT2D eigenvalue weighted by molar-refractivity contribution is 0.0297. The SMILES string of the molecule is CN(CCCNCc1ccc(-c2ccc(Cl)cc2)cc1)C(=O)OC(C)(C)C. The van der Waals surface area contributed by atoms with Gasteiger partial charge in [-0.05, 0) is 62.6 Å². The Balaban J connectivity index is 1.70. The van der Waals surface area contributed by atoms with Gasteiger partial charge in [-0.2, -0.15) is 0 Å². The van der Waals surface area contributed by atoms with E-state index in [9.17, 15) is 4.79 Å². The molecule has 0 aliphatic rings. The molecule has 1 N–H and O–H groups in total. The summed E-state index contributed by atoms with van der Waals surface area (Å²) in [5.41, 5.74) is 3.11. The van der Waals surface area contributed by atoms with Crippen molar-refractivity contribution in [2.75, 3.05) is 20.1 Å². The highest BCUT2D eigenvalue weighted by atomic mass is 35.5. The monoisotopic (exact) mass is 388 g/mol. The molecule has 0 atom stereocenters. The minimum absolute atomic E-state index is 0.278. The molecule has 0 fully saturated rings. The van der Waals surface area contributed by atoms with Crippen molar-refractivity contribution >= 4 is 17.7 Å². The van der Waals surface area contributed by atoms with E-state index in [0.29, 0.717) is 6.54 Å². The van der Waals surface area contributed by atoms with Crippen LogP contribution in [-0.2, 0) is 11.3 Å². The zero-order valence-electron chi connectivity index (χ0n) is 16.6. The van der Waals surface area contributed by atoms with Crippen LogP contribution in [0, 0.1) is 0 Å². The van der Waals surface area contributed by atoms with Crippen LogP contribution in [-0.4, -0.2) is 36.7 Å². The fourth-order valence-electron chi connectivity index (χ4n) is 2.56. The van der Waals surface area contributed by atoms with Gasteiger partial charge in [0.1, 0.15) is 5.60 Å². The summed E-state index contributed by atoms with van der Waals surface area (Å²) < 4.78 is 5.34. The first-order valence-electron chi connectivity index (χ1n) is 9.24. The third-order valence-electron chi connectivity index (χ3n) is 4.01. The molecule has 0 aliphatic carbocycles. The third kappa shape index (κ3) is 7.61. The maximum Gasteiger partial charge on any atom is 0.410 e. The van der Waals surface area contributed by atoms with Crippen molar-refractivity contribution in [2.24, 2.45) is 0 Å². The highest BCUT2D eigenvalue weighted by Crippen LogP contribution is 2.21. The van der Waals surface area contributed by atoms with Gasteiger partial charge in [0.25, 0.3) is 0 Å². The van der Waals surface area contributed by atoms with Gasteiger partial charge in [-0.15, -0.1) is 0 Å². The van der Waals surface area contributed by atoms with Gasteiger partial charge in [-0.3, -0.25) is 0 Å². The Morgan fingerprint density at radius 2 is 1.59 bits per heavy atom. The summed E-state index contributed by atoms with van der Waals surface area (Å²) >= 11 is 5.94. The van der Waals surface area contributed by atoms with Crippen LogP contribution >= 0.6 is 11.6 Å². The van der Waals surface area contributed by atoms with E-state index in [4.69, 9.17) is 16.3 Å². The second kappa shape index (κ2) is 9.77. The lowest BCUT2D eigenvalue weighted by Crippen LogP contribution is -2.35. The zero-order valence-corrected chi connectivity index (χ0v) is 17.3. The molecule has 0 heterocycles. The molecule has 27 heavy (non-hydrogen) atoms. The number of amides is 1. The number of nitrogens with one attached hydrogen (secondary N) is 1. The van der Waals surface area contributed by atoms with E-state index in [1.807, 2.05) is 45.0 Å². The van der Waals surface area contributed by atoms with Crippen molar-refractivity contribution in [3.8, 4) is 11.1 Å². The Hall–Kier alpha value is -2.04. The predicted molar refractivity (Wildman–Crippen MR) is 112 cm³/mol. The van der Waals surface area contributed by atoms with Gasteiger partial charge in [0.15, 0.2) is 0 Å². The second-order valence-electron chi connectivity index (χ2n) is 7.64. The van der Waals surface area contributed by atoms with Crippen molar-refractivity contribution in [1.82, 2.24) is 10.2 Å². The van der Waals surface area contributed by atoms with Crippen molar-refractivity contribution in [3.05, 3.63) is 59.1 Å². The Morgan fingerprint density at radius 1 is 1.04 bits per heavy atom. The van der Waals surface area contributed by atoms with Gasteiger partial charge in [0.05, 0.1) is 0 Å². The quantitative estimate of drug-likeness (QED) is 0.649. The van der Waals surface area contributed by atoms with Gasteiger partial charge in [-0.25, -0.2) is 4.79 Å². The van der Waals surface area contributed by atoms with Crippen molar-refractivity contribution in [1.29, 1.82) is 0 Å². The van der Waals surface area contributed by atoms with Crippen molar-refractivity contribution in [2.45, 2.75) is 39.3 Å². The van der Waals surface area contributed by atoms with Crippen molar-refractivity contribution < 1.29 is 9.53 Å². The highest BCUT2D eigenvalue weighted by Gasteiger charge is 2.18. The molecule has 5 heteroatoms. The predicted octanol–water partition coefficient (Wildman–Crippen LogP) is 5.35. The van der Waals surface area contributed by atoms with E-state index in [-0.39, 0.29) is 6.09 Å². The van der Waals surface area contributed by atoms with Crippen LogP contribution in [0.25, 0.3) is 11.1 Å². The molecule has 0 saturated carbocycles. The first-order chi connectivity index (χ1) is 12.7. The second-order valence-corrected chi connectivity index (χ2v) is 8.07. The number of hydrogen-bond donors (Lipinski definition) is 1. The van der Waals surface area contributed by atoms with Crippen molar-refractivity contribution in [3.63, 3.8) is 0 Å². The molecular formula is C22H29ClN2O2. The molecular weight excluding hydrogens is 360 g/mol. The number of rotatable bonds is 7. The summed E-state index contributed by atoms with van der Waals surface area (Å²) in [4.78, 5) is 13.5. The average Bonchev–Trinajstić information content (AvgIpc) is 2.61. The fourth-order valence-corrected chi connectivity index (χ4v) is 2.69. The summed E-state index contributed by atoms with van der Waals surface area (Å²) in [6.45, 7) is 7.93. The van der Waals surface area contributed by atoms with Gasteiger partial charge >= 0.3 is 6.09 Å². The average molecular weight is 389 g/mol. The molecule has 0 bridgehead atoms. The Labute approximate surface area is 167 Å². The molecule has 4 nitrogen and oxygen atoms in total. The van der Waals surface area contributed by atoms with Crippen LogP contribution in [0.15, 0.2) is 48.5 Å². The van der Waals surface area contributed by atoms with Crippen LogP contribution in [0.1, 0.15) is 32.8 Å². The normalized spacial score (nSPS) is 11.3. The van der Waals surface area contributed by atoms with E-state index in [0.717, 1.165) is 30.1 Å². The van der Waals surface area contributed by atoms with Crippen LogP contribution in [0.4, 0.5) is 4.79 Å². The van der Waals surface area contributed by atoms with Gasteiger partial charge in [-0.1, -0.05) is 48.0 Å². The molecule has 0 spiro atoms. The maximum absolute atomic E-state index is 11.9. The van der Waals surface area contributed by atoms with Crippen LogP contribution < -0.4 is 5.32 Å². The summed E-state index contributed by atoms with van der Waals surface area (Å²) in [7, 11) is 1.77. The molecule has 2 aromatic rings. The lowest BCUT2D eigenvalue weighted by Gasteiger charge is -2.24. The summed E-state index contributed by atoms with van der Waals surface area (Å²) in [5.74, 6) is 0. The zero-order chi connectivity index (χ0) is 19.9. The maximum atomic E-state index is 11.9. The first kappa shape index (κ1) is 21.3. The molecule has 0 aliphatic heterocycles. The van der Waals surface area contributed by atoms with Crippen LogP contribution in [0.2, 0.25) is 5.02 Å². The van der Waals surface area contributed by atoms with E-state index in [1.165, 1.54) is 11.1 Å². The minimum Gasteiger partial charge on any atom is -0.444 e. The fraction of sp³-hybridized carbons (Fsp3) is 0.409. The van der Waals surface area contributed by atoms with E-state index in [2.05, 4.69) is 29.6 Å². The van der Waals surface area contributed by atoms with Gasteiger partial charge < -0.3 is 15.0 Å². The topological polar surface area (TPSA) is 41.6 Å². The molecule has 146 valence electrons. The summed E-state index contributed by atoms with van der Waals surface area (Å²) in [5, 5.41) is 4.16. The number of halogens is 1. The summed E-state index contributed by atoms with van der Waals surface area (Å²) in [6.07, 6.45) is 0.596. The number of ether oxygens (including phenoxy) is 1.